The van der Waals surface area contributed by atoms with E-state index in [1.165, 1.54) is 38.5 Å². The van der Waals surface area contributed by atoms with Gasteiger partial charge in [-0.05, 0) is 49.9 Å². The first-order chi connectivity index (χ1) is 5.78. The standard InChI is InChI=1S/C11H21N/c1-2-8-3-9-5-10(4-8)7-11(12)6-9/h8-11H,2-7,12H2,1H3. The quantitative estimate of drug-likeness (QED) is 0.638. The summed E-state index contributed by atoms with van der Waals surface area (Å²) in [4.78, 5) is 0. The molecule has 2 saturated carbocycles. The van der Waals surface area contributed by atoms with Gasteiger partial charge >= 0.3 is 0 Å². The van der Waals surface area contributed by atoms with Crippen LogP contribution in [0.15, 0.2) is 0 Å². The number of fused-ring (bicyclic) bond motifs is 2. The molecular weight excluding hydrogens is 146 g/mol. The maximum atomic E-state index is 6.01. The molecule has 2 fully saturated rings. The molecule has 2 N–H and O–H groups in total. The van der Waals surface area contributed by atoms with E-state index in [1.807, 2.05) is 0 Å². The molecule has 0 aliphatic heterocycles. The van der Waals surface area contributed by atoms with Gasteiger partial charge in [0.2, 0.25) is 0 Å². The molecule has 0 spiro atoms. The number of rotatable bonds is 1. The Morgan fingerprint density at radius 1 is 1.00 bits per heavy atom. The number of hydrogen-bond donors (Lipinski definition) is 1. The summed E-state index contributed by atoms with van der Waals surface area (Å²) in [5, 5.41) is 0. The van der Waals surface area contributed by atoms with Crippen LogP contribution in [0.3, 0.4) is 0 Å². The number of hydrogen-bond acceptors (Lipinski definition) is 1. The highest BCUT2D eigenvalue weighted by atomic mass is 14.7. The molecule has 1 heteroatoms. The molecule has 0 aromatic rings. The third kappa shape index (κ3) is 1.66. The molecule has 2 bridgehead atoms. The largest absolute Gasteiger partial charge is 0.328 e. The smallest absolute Gasteiger partial charge is 0.00441 e. The summed E-state index contributed by atoms with van der Waals surface area (Å²) < 4.78 is 0. The third-order valence-electron chi connectivity index (χ3n) is 3.85. The molecule has 0 heterocycles. The zero-order chi connectivity index (χ0) is 8.55. The van der Waals surface area contributed by atoms with E-state index in [0.29, 0.717) is 6.04 Å². The predicted molar refractivity (Wildman–Crippen MR) is 51.8 cm³/mol. The predicted octanol–water partition coefficient (Wildman–Crippen LogP) is 2.55. The van der Waals surface area contributed by atoms with Gasteiger partial charge in [-0.25, -0.2) is 0 Å². The maximum absolute atomic E-state index is 6.01. The monoisotopic (exact) mass is 167 g/mol. The van der Waals surface area contributed by atoms with E-state index in [-0.39, 0.29) is 0 Å². The average Bonchev–Trinajstić information content (AvgIpc) is 2.02. The van der Waals surface area contributed by atoms with E-state index in [2.05, 4.69) is 6.92 Å². The van der Waals surface area contributed by atoms with Crippen LogP contribution in [0, 0.1) is 17.8 Å². The highest BCUT2D eigenvalue weighted by Gasteiger charge is 2.33. The lowest BCUT2D eigenvalue weighted by Gasteiger charge is -2.41. The van der Waals surface area contributed by atoms with Crippen LogP contribution in [0.1, 0.15) is 45.4 Å². The molecule has 2 aliphatic carbocycles. The molecule has 2 atom stereocenters. The first kappa shape index (κ1) is 8.55. The second-order valence-corrected chi connectivity index (χ2v) is 4.94. The summed E-state index contributed by atoms with van der Waals surface area (Å²) in [6.45, 7) is 2.34. The summed E-state index contributed by atoms with van der Waals surface area (Å²) >= 11 is 0. The van der Waals surface area contributed by atoms with Gasteiger partial charge in [0.25, 0.3) is 0 Å². The molecule has 70 valence electrons. The van der Waals surface area contributed by atoms with Crippen molar-refractivity contribution in [2.45, 2.75) is 51.5 Å². The Bertz CT molecular complexity index is 137. The van der Waals surface area contributed by atoms with Crippen molar-refractivity contribution in [3.63, 3.8) is 0 Å². The van der Waals surface area contributed by atoms with Gasteiger partial charge in [0, 0.05) is 6.04 Å². The van der Waals surface area contributed by atoms with Crippen LogP contribution in [-0.2, 0) is 0 Å². The van der Waals surface area contributed by atoms with Crippen molar-refractivity contribution in [1.82, 2.24) is 0 Å². The molecule has 0 amide bonds. The molecule has 2 rings (SSSR count). The third-order valence-corrected chi connectivity index (χ3v) is 3.85. The fourth-order valence-corrected chi connectivity index (χ4v) is 3.37. The summed E-state index contributed by atoms with van der Waals surface area (Å²) in [7, 11) is 0. The molecular formula is C11H21N. The zero-order valence-electron chi connectivity index (χ0n) is 8.13. The fourth-order valence-electron chi connectivity index (χ4n) is 3.37. The molecule has 0 aromatic heterocycles. The van der Waals surface area contributed by atoms with Gasteiger partial charge in [-0.15, -0.1) is 0 Å². The highest BCUT2D eigenvalue weighted by Crippen LogP contribution is 2.42. The van der Waals surface area contributed by atoms with Crippen LogP contribution >= 0.6 is 0 Å². The van der Waals surface area contributed by atoms with E-state index >= 15 is 0 Å². The van der Waals surface area contributed by atoms with Gasteiger partial charge in [-0.1, -0.05) is 13.3 Å². The highest BCUT2D eigenvalue weighted by molar-refractivity contribution is 4.87. The van der Waals surface area contributed by atoms with Crippen molar-refractivity contribution in [3.8, 4) is 0 Å². The lowest BCUT2D eigenvalue weighted by atomic mass is 9.66. The Morgan fingerprint density at radius 2 is 1.58 bits per heavy atom. The lowest BCUT2D eigenvalue weighted by Crippen LogP contribution is -2.37. The Kier molecular flexibility index (Phi) is 2.40. The maximum Gasteiger partial charge on any atom is 0.00441 e. The Labute approximate surface area is 75.7 Å². The Hall–Kier alpha value is -0.0400. The van der Waals surface area contributed by atoms with Crippen molar-refractivity contribution >= 4 is 0 Å². The molecule has 2 aliphatic rings. The molecule has 12 heavy (non-hydrogen) atoms. The fraction of sp³-hybridized carbons (Fsp3) is 1.00. The van der Waals surface area contributed by atoms with Crippen LogP contribution in [0.25, 0.3) is 0 Å². The topological polar surface area (TPSA) is 26.0 Å². The minimum absolute atomic E-state index is 0.534. The molecule has 0 radical (unpaired) electrons. The van der Waals surface area contributed by atoms with Gasteiger partial charge in [-0.3, -0.25) is 0 Å². The zero-order valence-corrected chi connectivity index (χ0v) is 8.13. The average molecular weight is 167 g/mol. The Balaban J connectivity index is 1.96. The van der Waals surface area contributed by atoms with E-state index in [4.69, 9.17) is 5.73 Å². The summed E-state index contributed by atoms with van der Waals surface area (Å²) in [5.41, 5.74) is 6.01. The van der Waals surface area contributed by atoms with Gasteiger partial charge in [-0.2, -0.15) is 0 Å². The molecule has 2 unspecified atom stereocenters. The first-order valence-corrected chi connectivity index (χ1v) is 5.53. The summed E-state index contributed by atoms with van der Waals surface area (Å²) in [5.74, 6) is 3.00. The van der Waals surface area contributed by atoms with Crippen LogP contribution in [-0.4, -0.2) is 6.04 Å². The van der Waals surface area contributed by atoms with E-state index in [9.17, 15) is 0 Å². The first-order valence-electron chi connectivity index (χ1n) is 5.53. The SMILES string of the molecule is CCC1CC2CC(N)CC(C1)C2. The minimum Gasteiger partial charge on any atom is -0.328 e. The summed E-state index contributed by atoms with van der Waals surface area (Å²) in [6.07, 6.45) is 8.45. The van der Waals surface area contributed by atoms with Crippen LogP contribution in [0.5, 0.6) is 0 Å². The van der Waals surface area contributed by atoms with Gasteiger partial charge < -0.3 is 5.73 Å². The second-order valence-electron chi connectivity index (χ2n) is 4.94. The van der Waals surface area contributed by atoms with Crippen LogP contribution < -0.4 is 5.73 Å². The van der Waals surface area contributed by atoms with E-state index in [1.54, 1.807) is 0 Å². The summed E-state index contributed by atoms with van der Waals surface area (Å²) in [6, 6.07) is 0.534. The van der Waals surface area contributed by atoms with Crippen molar-refractivity contribution in [1.29, 1.82) is 0 Å². The normalized spacial score (nSPS) is 47.5. The van der Waals surface area contributed by atoms with Gasteiger partial charge in [0.05, 0.1) is 0 Å². The minimum atomic E-state index is 0.534. The van der Waals surface area contributed by atoms with E-state index < -0.39 is 0 Å². The molecule has 0 saturated heterocycles. The van der Waals surface area contributed by atoms with Crippen LogP contribution in [0.2, 0.25) is 0 Å². The number of nitrogens with two attached hydrogens (primary N) is 1. The van der Waals surface area contributed by atoms with Crippen molar-refractivity contribution in [2.75, 3.05) is 0 Å². The van der Waals surface area contributed by atoms with Crippen molar-refractivity contribution in [3.05, 3.63) is 0 Å². The van der Waals surface area contributed by atoms with Gasteiger partial charge in [0.1, 0.15) is 0 Å². The Morgan fingerprint density at radius 3 is 2.08 bits per heavy atom. The lowest BCUT2D eigenvalue weighted by molar-refractivity contribution is 0.121. The second kappa shape index (κ2) is 3.37. The van der Waals surface area contributed by atoms with E-state index in [0.717, 1.165) is 17.8 Å². The van der Waals surface area contributed by atoms with Crippen molar-refractivity contribution < 1.29 is 0 Å². The van der Waals surface area contributed by atoms with Gasteiger partial charge in [0.15, 0.2) is 0 Å². The molecule has 1 nitrogen and oxygen atoms in total. The molecule has 0 aromatic carbocycles. The van der Waals surface area contributed by atoms with Crippen molar-refractivity contribution in [2.24, 2.45) is 23.5 Å². The van der Waals surface area contributed by atoms with Crippen LogP contribution in [0.4, 0.5) is 0 Å².